The van der Waals surface area contributed by atoms with Gasteiger partial charge in [-0.1, -0.05) is 6.07 Å². The second-order valence-electron chi connectivity index (χ2n) is 6.59. The molecule has 120 valence electrons. The summed E-state index contributed by atoms with van der Waals surface area (Å²) < 4.78 is 1.96. The summed E-state index contributed by atoms with van der Waals surface area (Å²) in [5.41, 5.74) is 4.70. The smallest absolute Gasteiger partial charge is 0.273 e. The Morgan fingerprint density at radius 3 is 3.00 bits per heavy atom. The average molecular weight is 319 g/mol. The van der Waals surface area contributed by atoms with Crippen LogP contribution < -0.4 is 0 Å². The summed E-state index contributed by atoms with van der Waals surface area (Å²) in [6.45, 7) is 1.98. The fourth-order valence-electron chi connectivity index (χ4n) is 4.13. The molecule has 2 aliphatic rings. The molecule has 0 N–H and O–H groups in total. The number of carbonyl (C=O) groups excluding carboxylic acids is 1. The van der Waals surface area contributed by atoms with Crippen LogP contribution in [0, 0.1) is 6.92 Å². The van der Waals surface area contributed by atoms with Crippen molar-refractivity contribution in [2.45, 2.75) is 38.3 Å². The fraction of sp³-hybridized carbons (Fsp3) is 0.333. The number of hydrogen-bond acceptors (Lipinski definition) is 4. The first-order valence-electron chi connectivity index (χ1n) is 8.30. The van der Waals surface area contributed by atoms with Crippen LogP contribution in [0.3, 0.4) is 0 Å². The first kappa shape index (κ1) is 13.7. The zero-order valence-corrected chi connectivity index (χ0v) is 13.4. The third-order valence-electron chi connectivity index (χ3n) is 5.15. The highest BCUT2D eigenvalue weighted by Gasteiger charge is 2.44. The SMILES string of the molecule is Cc1cc2ncc3c(n2n1)C[C@@H]1CC[C@H]3N1C(=O)c1ccccn1. The first-order chi connectivity index (χ1) is 11.7. The molecule has 1 saturated heterocycles. The summed E-state index contributed by atoms with van der Waals surface area (Å²) in [5.74, 6) is 0.0190. The van der Waals surface area contributed by atoms with E-state index in [0.717, 1.165) is 36.2 Å². The summed E-state index contributed by atoms with van der Waals surface area (Å²) in [6.07, 6.45) is 6.41. The van der Waals surface area contributed by atoms with Crippen LogP contribution >= 0.6 is 0 Å². The highest BCUT2D eigenvalue weighted by Crippen LogP contribution is 2.44. The molecular weight excluding hydrogens is 302 g/mol. The van der Waals surface area contributed by atoms with Gasteiger partial charge >= 0.3 is 0 Å². The fourth-order valence-corrected chi connectivity index (χ4v) is 4.13. The van der Waals surface area contributed by atoms with Crippen molar-refractivity contribution in [2.75, 3.05) is 0 Å². The molecule has 0 aliphatic carbocycles. The van der Waals surface area contributed by atoms with Gasteiger partial charge in [0.15, 0.2) is 5.65 Å². The van der Waals surface area contributed by atoms with E-state index in [1.807, 2.05) is 40.7 Å². The van der Waals surface area contributed by atoms with E-state index in [1.54, 1.807) is 12.3 Å². The van der Waals surface area contributed by atoms with Gasteiger partial charge in [-0.2, -0.15) is 5.10 Å². The Morgan fingerprint density at radius 1 is 1.25 bits per heavy atom. The van der Waals surface area contributed by atoms with Crippen molar-refractivity contribution in [3.05, 3.63) is 59.3 Å². The van der Waals surface area contributed by atoms with Crippen molar-refractivity contribution in [1.82, 2.24) is 24.5 Å². The third kappa shape index (κ3) is 1.82. The molecular formula is C18H17N5O. The molecule has 1 amide bonds. The molecule has 3 aromatic heterocycles. The molecule has 1 fully saturated rings. The second kappa shape index (κ2) is 4.87. The molecule has 2 aliphatic heterocycles. The summed E-state index contributed by atoms with van der Waals surface area (Å²) >= 11 is 0. The summed E-state index contributed by atoms with van der Waals surface area (Å²) in [4.78, 5) is 23.7. The maximum Gasteiger partial charge on any atom is 0.273 e. The van der Waals surface area contributed by atoms with Crippen LogP contribution in [-0.2, 0) is 6.42 Å². The van der Waals surface area contributed by atoms with Gasteiger partial charge in [-0.3, -0.25) is 9.78 Å². The van der Waals surface area contributed by atoms with Gasteiger partial charge in [-0.25, -0.2) is 9.50 Å². The van der Waals surface area contributed by atoms with Gasteiger partial charge in [0.2, 0.25) is 0 Å². The number of aryl methyl sites for hydroxylation is 1. The predicted octanol–water partition coefficient (Wildman–Crippen LogP) is 2.33. The highest BCUT2D eigenvalue weighted by atomic mass is 16.2. The van der Waals surface area contributed by atoms with E-state index in [4.69, 9.17) is 0 Å². The Kier molecular flexibility index (Phi) is 2.77. The van der Waals surface area contributed by atoms with Gasteiger partial charge in [-0.05, 0) is 31.9 Å². The van der Waals surface area contributed by atoms with Crippen molar-refractivity contribution in [1.29, 1.82) is 0 Å². The lowest BCUT2D eigenvalue weighted by Crippen LogP contribution is -2.43. The third-order valence-corrected chi connectivity index (χ3v) is 5.15. The molecule has 5 rings (SSSR count). The number of amides is 1. The Morgan fingerprint density at radius 2 is 2.17 bits per heavy atom. The standard InChI is InChI=1S/C18H17N5O/c1-11-8-17-20-10-13-15-6-5-12(9-16(13)23(17)21-11)22(15)18(24)14-4-2-3-7-19-14/h2-4,7-8,10,12,15H,5-6,9H2,1H3/t12-,15+/m0/s1. The van der Waals surface area contributed by atoms with Gasteiger partial charge in [0.25, 0.3) is 5.91 Å². The monoisotopic (exact) mass is 319 g/mol. The largest absolute Gasteiger partial charge is 0.327 e. The van der Waals surface area contributed by atoms with Crippen molar-refractivity contribution < 1.29 is 4.79 Å². The Hall–Kier alpha value is -2.76. The minimum atomic E-state index is 0.0190. The normalized spacial score (nSPS) is 22.0. The maximum absolute atomic E-state index is 13.0. The molecule has 5 heterocycles. The summed E-state index contributed by atoms with van der Waals surface area (Å²) in [5, 5.41) is 4.59. The summed E-state index contributed by atoms with van der Waals surface area (Å²) in [6, 6.07) is 7.76. The number of hydrogen-bond donors (Lipinski definition) is 0. The van der Waals surface area contributed by atoms with E-state index >= 15 is 0 Å². The van der Waals surface area contributed by atoms with E-state index in [2.05, 4.69) is 15.1 Å². The van der Waals surface area contributed by atoms with Gasteiger partial charge in [0.05, 0.1) is 17.4 Å². The molecule has 0 saturated carbocycles. The topological polar surface area (TPSA) is 63.4 Å². The van der Waals surface area contributed by atoms with Crippen molar-refractivity contribution >= 4 is 11.6 Å². The number of carbonyl (C=O) groups is 1. The molecule has 3 aromatic rings. The Bertz CT molecular complexity index is 949. The molecule has 0 radical (unpaired) electrons. The molecule has 0 spiro atoms. The number of fused-ring (bicyclic) bond motifs is 6. The molecule has 24 heavy (non-hydrogen) atoms. The van der Waals surface area contributed by atoms with Gasteiger partial charge in [0.1, 0.15) is 5.69 Å². The van der Waals surface area contributed by atoms with Crippen LogP contribution in [0.4, 0.5) is 0 Å². The number of aromatic nitrogens is 4. The molecule has 6 heteroatoms. The highest BCUT2D eigenvalue weighted by molar-refractivity contribution is 5.93. The van der Waals surface area contributed by atoms with Crippen LogP contribution in [0.25, 0.3) is 5.65 Å². The average Bonchev–Trinajstić information content (AvgIpc) is 3.14. The maximum atomic E-state index is 13.0. The number of nitrogens with zero attached hydrogens (tertiary/aromatic N) is 5. The van der Waals surface area contributed by atoms with Gasteiger partial charge < -0.3 is 4.90 Å². The quantitative estimate of drug-likeness (QED) is 0.690. The molecule has 0 unspecified atom stereocenters. The molecule has 2 bridgehead atoms. The van der Waals surface area contributed by atoms with Gasteiger partial charge in [0, 0.05) is 36.5 Å². The van der Waals surface area contributed by atoms with Crippen molar-refractivity contribution in [3.63, 3.8) is 0 Å². The lowest BCUT2D eigenvalue weighted by molar-refractivity contribution is 0.0636. The van der Waals surface area contributed by atoms with Crippen molar-refractivity contribution in [2.24, 2.45) is 0 Å². The number of pyridine rings is 1. The van der Waals surface area contributed by atoms with E-state index in [0.29, 0.717) is 5.69 Å². The molecule has 2 atom stereocenters. The first-order valence-corrected chi connectivity index (χ1v) is 8.30. The minimum absolute atomic E-state index is 0.0190. The molecule has 6 nitrogen and oxygen atoms in total. The van der Waals surface area contributed by atoms with Crippen molar-refractivity contribution in [3.8, 4) is 0 Å². The summed E-state index contributed by atoms with van der Waals surface area (Å²) in [7, 11) is 0. The van der Waals surface area contributed by atoms with Crippen LogP contribution in [0.1, 0.15) is 46.3 Å². The number of rotatable bonds is 1. The van der Waals surface area contributed by atoms with Crippen LogP contribution in [0.5, 0.6) is 0 Å². The van der Waals surface area contributed by atoms with E-state index in [9.17, 15) is 4.79 Å². The molecule has 0 aromatic carbocycles. The zero-order valence-electron chi connectivity index (χ0n) is 13.4. The minimum Gasteiger partial charge on any atom is -0.327 e. The van der Waals surface area contributed by atoms with Gasteiger partial charge in [-0.15, -0.1) is 0 Å². The van der Waals surface area contributed by atoms with Crippen LogP contribution in [-0.4, -0.2) is 36.4 Å². The predicted molar refractivity (Wildman–Crippen MR) is 87.6 cm³/mol. The van der Waals surface area contributed by atoms with E-state index in [1.165, 1.54) is 5.69 Å². The Labute approximate surface area is 139 Å². The lowest BCUT2D eigenvalue weighted by Gasteiger charge is -2.35. The van der Waals surface area contributed by atoms with Crippen LogP contribution in [0.2, 0.25) is 0 Å². The second-order valence-corrected chi connectivity index (χ2v) is 6.59. The van der Waals surface area contributed by atoms with Crippen LogP contribution in [0.15, 0.2) is 36.7 Å². The van der Waals surface area contributed by atoms with E-state index in [-0.39, 0.29) is 18.0 Å². The Balaban J connectivity index is 1.61. The van der Waals surface area contributed by atoms with E-state index < -0.39 is 0 Å². The lowest BCUT2D eigenvalue weighted by atomic mass is 9.98. The zero-order chi connectivity index (χ0) is 16.3.